The fourth-order valence-corrected chi connectivity index (χ4v) is 7.06. The molecule has 0 spiro atoms. The number of allylic oxidation sites excluding steroid dienone is 4. The first-order chi connectivity index (χ1) is 13.8. The van der Waals surface area contributed by atoms with E-state index in [1.54, 1.807) is 0 Å². The van der Waals surface area contributed by atoms with Gasteiger partial charge in [0.1, 0.15) is 0 Å². The van der Waals surface area contributed by atoms with Crippen LogP contribution in [0.4, 0.5) is 0 Å². The van der Waals surface area contributed by atoms with E-state index in [9.17, 15) is 0 Å². The molecule has 0 unspecified atom stereocenters. The highest BCUT2D eigenvalue weighted by Gasteiger charge is 2.38. The number of hydrogen-bond acceptors (Lipinski definition) is 1. The second-order valence-corrected chi connectivity index (χ2v) is 16.5. The molecule has 29 heavy (non-hydrogen) atoms. The van der Waals surface area contributed by atoms with Gasteiger partial charge in [-0.25, -0.2) is 0 Å². The molecule has 3 rings (SSSR count). The summed E-state index contributed by atoms with van der Waals surface area (Å²) in [5, 5.41) is 3.15. The third-order valence-electron chi connectivity index (χ3n) is 6.34. The quantitative estimate of drug-likeness (QED) is 0.348. The van der Waals surface area contributed by atoms with Gasteiger partial charge in [-0.05, 0) is 48.7 Å². The number of benzene rings is 2. The monoisotopic (exact) mass is 422 g/mol. The van der Waals surface area contributed by atoms with Crippen LogP contribution in [0.15, 0.2) is 85.0 Å². The predicted octanol–water partition coefficient (Wildman–Crippen LogP) is 6.50. The lowest BCUT2D eigenvalue weighted by Gasteiger charge is -2.38. The second-order valence-electron chi connectivity index (χ2n) is 9.46. The Morgan fingerprint density at radius 3 is 1.79 bits per heavy atom. The molecule has 0 saturated carbocycles. The van der Waals surface area contributed by atoms with E-state index in [0.717, 1.165) is 12.8 Å². The van der Waals surface area contributed by atoms with Crippen LogP contribution in [0.1, 0.15) is 20.8 Å². The molecule has 0 saturated heterocycles. The molecule has 1 atom stereocenters. The number of rotatable bonds is 8. The van der Waals surface area contributed by atoms with Crippen molar-refractivity contribution in [1.29, 1.82) is 0 Å². The van der Waals surface area contributed by atoms with Gasteiger partial charge in [-0.2, -0.15) is 0 Å². The maximum absolute atomic E-state index is 6.72. The fraction of sp³-hybridized carbons (Fsp3) is 0.385. The third kappa shape index (κ3) is 5.78. The molecule has 2 aromatic carbocycles. The zero-order valence-corrected chi connectivity index (χ0v) is 20.4. The largest absolute Gasteiger partial charge is 0.417 e. The Kier molecular flexibility index (Phi) is 7.32. The molecule has 0 N–H and O–H groups in total. The van der Waals surface area contributed by atoms with Crippen molar-refractivity contribution in [2.75, 3.05) is 12.8 Å². The second kappa shape index (κ2) is 9.56. The van der Waals surface area contributed by atoms with E-state index >= 15 is 0 Å². The lowest BCUT2D eigenvalue weighted by Crippen LogP contribution is -2.43. The van der Waals surface area contributed by atoms with Gasteiger partial charge in [0.15, 0.2) is 8.32 Å². The molecule has 1 nitrogen and oxygen atoms in total. The third-order valence-corrected chi connectivity index (χ3v) is 13.5. The lowest BCUT2D eigenvalue weighted by atomic mass is 9.96. The maximum Gasteiger partial charge on any atom is 0.191 e. The standard InChI is InChI=1S/C26H35OPSi/c1-26(2,3)29(4,5)27-20-23(22-14-12-13-15-22)21-28(24-16-8-6-9-17-24)25-18-10-7-11-19-25/h6-19,22-23H,20-21H2,1-5H3/t23-/m1/s1. The zero-order chi connectivity index (χ0) is 20.9. The minimum atomic E-state index is -1.77. The minimum absolute atomic E-state index is 0.239. The van der Waals surface area contributed by atoms with Crippen LogP contribution in [0.2, 0.25) is 18.1 Å². The van der Waals surface area contributed by atoms with Gasteiger partial charge in [0, 0.05) is 12.5 Å². The molecule has 0 radical (unpaired) electrons. The summed E-state index contributed by atoms with van der Waals surface area (Å²) in [5.41, 5.74) is 0. The van der Waals surface area contributed by atoms with Crippen LogP contribution in [0.3, 0.4) is 0 Å². The van der Waals surface area contributed by atoms with Crippen molar-refractivity contribution in [2.24, 2.45) is 11.8 Å². The van der Waals surface area contributed by atoms with E-state index in [0.29, 0.717) is 11.8 Å². The summed E-state index contributed by atoms with van der Waals surface area (Å²) >= 11 is 0. The average Bonchev–Trinajstić information content (AvgIpc) is 3.23. The fourth-order valence-electron chi connectivity index (χ4n) is 3.39. The van der Waals surface area contributed by atoms with Crippen molar-refractivity contribution in [3.8, 4) is 0 Å². The first-order valence-electron chi connectivity index (χ1n) is 10.6. The summed E-state index contributed by atoms with van der Waals surface area (Å²) in [6, 6.07) is 22.1. The van der Waals surface area contributed by atoms with Crippen molar-refractivity contribution in [3.05, 3.63) is 85.0 Å². The molecule has 154 valence electrons. The van der Waals surface area contributed by atoms with E-state index in [4.69, 9.17) is 4.43 Å². The molecule has 0 bridgehead atoms. The normalized spacial score (nSPS) is 15.9. The summed E-state index contributed by atoms with van der Waals surface area (Å²) in [4.78, 5) is 0. The van der Waals surface area contributed by atoms with E-state index in [1.165, 1.54) is 10.6 Å². The predicted molar refractivity (Wildman–Crippen MR) is 132 cm³/mol. The van der Waals surface area contributed by atoms with Crippen LogP contribution in [-0.4, -0.2) is 21.1 Å². The first-order valence-corrected chi connectivity index (χ1v) is 15.1. The SMILES string of the molecule is CC(C)(C)[Si](C)(C)OC[C@H](CP(c1ccccc1)c1ccccc1)C1C=CC=C1. The molecule has 0 heterocycles. The van der Waals surface area contributed by atoms with E-state index in [1.807, 2.05) is 0 Å². The van der Waals surface area contributed by atoms with Crippen molar-refractivity contribution in [1.82, 2.24) is 0 Å². The molecule has 3 heteroatoms. The molecule has 1 aliphatic carbocycles. The number of hydrogen-bond donors (Lipinski definition) is 0. The molecular formula is C26H35OPSi. The van der Waals surface area contributed by atoms with E-state index in [2.05, 4.69) is 119 Å². The highest BCUT2D eigenvalue weighted by molar-refractivity contribution is 7.73. The molecule has 1 aliphatic rings. The van der Waals surface area contributed by atoms with Gasteiger partial charge in [-0.15, -0.1) is 0 Å². The molecule has 2 aromatic rings. The Balaban J connectivity index is 1.86. The average molecular weight is 423 g/mol. The molecule has 0 aromatic heterocycles. The molecule has 0 fully saturated rings. The molecule has 0 amide bonds. The van der Waals surface area contributed by atoms with Gasteiger partial charge in [0.2, 0.25) is 0 Å². The van der Waals surface area contributed by atoms with Crippen LogP contribution in [-0.2, 0) is 4.43 Å². The molecular weight excluding hydrogens is 387 g/mol. The Morgan fingerprint density at radius 2 is 1.34 bits per heavy atom. The van der Waals surface area contributed by atoms with Gasteiger partial charge in [-0.1, -0.05) is 106 Å². The van der Waals surface area contributed by atoms with Gasteiger partial charge in [0.05, 0.1) is 0 Å². The van der Waals surface area contributed by atoms with Gasteiger partial charge in [0.25, 0.3) is 0 Å². The van der Waals surface area contributed by atoms with E-state index in [-0.39, 0.29) is 5.04 Å². The topological polar surface area (TPSA) is 9.23 Å². The summed E-state index contributed by atoms with van der Waals surface area (Å²) in [7, 11) is -2.18. The summed E-state index contributed by atoms with van der Waals surface area (Å²) in [5.74, 6) is 0.961. The van der Waals surface area contributed by atoms with Crippen LogP contribution in [0.5, 0.6) is 0 Å². The molecule has 0 aliphatic heterocycles. The van der Waals surface area contributed by atoms with Gasteiger partial charge in [-0.3, -0.25) is 0 Å². The maximum atomic E-state index is 6.72. The van der Waals surface area contributed by atoms with Crippen LogP contribution in [0, 0.1) is 11.8 Å². The smallest absolute Gasteiger partial charge is 0.191 e. The first kappa shape index (κ1) is 22.2. The Hall–Kier alpha value is -1.47. The summed E-state index contributed by atoms with van der Waals surface area (Å²) in [6.45, 7) is 12.5. The lowest BCUT2D eigenvalue weighted by molar-refractivity contribution is 0.225. The summed E-state index contributed by atoms with van der Waals surface area (Å²) < 4.78 is 6.72. The highest BCUT2D eigenvalue weighted by atomic mass is 31.1. The highest BCUT2D eigenvalue weighted by Crippen LogP contribution is 2.41. The Morgan fingerprint density at radius 1 is 0.862 bits per heavy atom. The van der Waals surface area contributed by atoms with Crippen LogP contribution < -0.4 is 10.6 Å². The van der Waals surface area contributed by atoms with Crippen molar-refractivity contribution >= 4 is 26.8 Å². The zero-order valence-electron chi connectivity index (χ0n) is 18.5. The van der Waals surface area contributed by atoms with Crippen LogP contribution >= 0.6 is 7.92 Å². The van der Waals surface area contributed by atoms with E-state index < -0.39 is 16.2 Å². The van der Waals surface area contributed by atoms with Crippen molar-refractivity contribution in [3.63, 3.8) is 0 Å². The Bertz CT molecular complexity index is 769. The Labute approximate surface area is 179 Å². The van der Waals surface area contributed by atoms with Gasteiger partial charge >= 0.3 is 0 Å². The summed E-state index contributed by atoms with van der Waals surface area (Å²) in [6.07, 6.45) is 10.2. The van der Waals surface area contributed by atoms with Gasteiger partial charge < -0.3 is 4.43 Å². The van der Waals surface area contributed by atoms with Crippen molar-refractivity contribution < 1.29 is 4.43 Å². The van der Waals surface area contributed by atoms with Crippen molar-refractivity contribution in [2.45, 2.75) is 38.9 Å². The minimum Gasteiger partial charge on any atom is -0.417 e. The van der Waals surface area contributed by atoms with Crippen LogP contribution in [0.25, 0.3) is 0 Å².